The molecule has 7 rings (SSSR count). The Morgan fingerprint density at radius 1 is 1.20 bits per heavy atom. The van der Waals surface area contributed by atoms with Gasteiger partial charge in [-0.05, 0) is 61.9 Å². The molecular formula is C31H39FN6O3. The highest BCUT2D eigenvalue weighted by atomic mass is 19.1. The van der Waals surface area contributed by atoms with Gasteiger partial charge in [0, 0.05) is 56.1 Å². The highest BCUT2D eigenvalue weighted by Gasteiger charge is 2.50. The van der Waals surface area contributed by atoms with E-state index in [1.54, 1.807) is 0 Å². The van der Waals surface area contributed by atoms with Gasteiger partial charge in [-0.2, -0.15) is 15.2 Å². The maximum Gasteiger partial charge on any atom is 0.318 e. The van der Waals surface area contributed by atoms with Crippen molar-refractivity contribution in [3.63, 3.8) is 0 Å². The molecule has 1 aliphatic carbocycles. The maximum atomic E-state index is 14.4. The van der Waals surface area contributed by atoms with Crippen molar-refractivity contribution in [3.05, 3.63) is 40.6 Å². The second kappa shape index (κ2) is 10.7. The number of halogens is 1. The van der Waals surface area contributed by atoms with E-state index < -0.39 is 11.8 Å². The van der Waals surface area contributed by atoms with Crippen LogP contribution in [0.1, 0.15) is 60.9 Å². The predicted octanol–water partition coefficient (Wildman–Crippen LogP) is 3.68. The quantitative estimate of drug-likeness (QED) is 0.546. The summed E-state index contributed by atoms with van der Waals surface area (Å²) in [4.78, 5) is 14.5. The number of anilines is 2. The van der Waals surface area contributed by atoms with Crippen LogP contribution in [0, 0.1) is 17.2 Å². The first-order valence-corrected chi connectivity index (χ1v) is 15.1. The van der Waals surface area contributed by atoms with Gasteiger partial charge in [-0.1, -0.05) is 6.07 Å². The minimum absolute atomic E-state index is 0.0902. The van der Waals surface area contributed by atoms with Crippen LogP contribution in [0.3, 0.4) is 0 Å². The van der Waals surface area contributed by atoms with Crippen LogP contribution in [-0.4, -0.2) is 72.6 Å². The Balaban J connectivity index is 1.25. The van der Waals surface area contributed by atoms with Crippen LogP contribution in [-0.2, 0) is 34.5 Å². The number of alkyl halides is 1. The van der Waals surface area contributed by atoms with Gasteiger partial charge in [-0.25, -0.2) is 4.39 Å². The van der Waals surface area contributed by atoms with Gasteiger partial charge in [-0.3, -0.25) is 4.90 Å². The number of hydrogen-bond acceptors (Lipinski definition) is 9. The highest BCUT2D eigenvalue weighted by molar-refractivity contribution is 5.54. The van der Waals surface area contributed by atoms with Crippen molar-refractivity contribution in [2.75, 3.05) is 56.6 Å². The molecule has 218 valence electrons. The van der Waals surface area contributed by atoms with E-state index >= 15 is 0 Å². The number of nitriles is 1. The van der Waals surface area contributed by atoms with Crippen molar-refractivity contribution in [3.8, 4) is 12.1 Å². The number of aromatic nitrogens is 2. The summed E-state index contributed by atoms with van der Waals surface area (Å²) < 4.78 is 33.5. The molecule has 4 aliphatic heterocycles. The zero-order valence-corrected chi connectivity index (χ0v) is 23.6. The molecule has 1 aromatic heterocycles. The third-order valence-corrected chi connectivity index (χ3v) is 9.90. The first-order chi connectivity index (χ1) is 20.0. The second-order valence-corrected chi connectivity index (χ2v) is 12.6. The molecular weight excluding hydrogens is 523 g/mol. The fraction of sp³-hybridized carbons (Fsp3) is 0.645. The number of fused-ring (bicyclic) bond motifs is 4. The summed E-state index contributed by atoms with van der Waals surface area (Å²) in [5.74, 6) is 0.889. The van der Waals surface area contributed by atoms with Crippen LogP contribution < -0.4 is 15.4 Å². The van der Waals surface area contributed by atoms with Gasteiger partial charge in [0.2, 0.25) is 0 Å². The number of benzene rings is 1. The van der Waals surface area contributed by atoms with Crippen molar-refractivity contribution in [1.82, 2.24) is 14.9 Å². The van der Waals surface area contributed by atoms with Crippen LogP contribution in [0.15, 0.2) is 18.2 Å². The molecule has 0 amide bonds. The lowest BCUT2D eigenvalue weighted by Gasteiger charge is -2.43. The van der Waals surface area contributed by atoms with Crippen molar-refractivity contribution in [2.45, 2.75) is 75.3 Å². The number of ether oxygens (including phenoxy) is 3. The molecule has 4 atom stereocenters. The second-order valence-electron chi connectivity index (χ2n) is 12.6. The number of hydrogen-bond donors (Lipinski definition) is 1. The summed E-state index contributed by atoms with van der Waals surface area (Å²) in [5.41, 5.74) is 10.6. The van der Waals surface area contributed by atoms with Crippen LogP contribution in [0.2, 0.25) is 0 Å². The summed E-state index contributed by atoms with van der Waals surface area (Å²) in [6, 6.07) is 8.81. The zero-order valence-electron chi connectivity index (χ0n) is 23.6. The van der Waals surface area contributed by atoms with E-state index in [9.17, 15) is 9.65 Å². The zero-order chi connectivity index (χ0) is 28.0. The monoisotopic (exact) mass is 562 g/mol. The third kappa shape index (κ3) is 4.92. The Morgan fingerprint density at radius 2 is 2.12 bits per heavy atom. The SMILES string of the molecule is N#CCC1COCCN(c2nc(OCC34CCCN3C[C@H](F)C4)nc3c2CO[C@@]2(CCCc4ccc(N)cc42)C3)C1. The summed E-state index contributed by atoms with van der Waals surface area (Å²) in [7, 11) is 0. The van der Waals surface area contributed by atoms with Gasteiger partial charge in [0.05, 0.1) is 42.7 Å². The number of aryl methyl sites for hydroxylation is 1. The fourth-order valence-corrected chi connectivity index (χ4v) is 7.89. The first-order valence-electron chi connectivity index (χ1n) is 15.1. The number of rotatable bonds is 5. The molecule has 0 saturated carbocycles. The Hall–Kier alpha value is -3.00. The standard InChI is InChI=1S/C31H39FN6O3/c32-23-14-30(7-2-10-38(30)17-23)20-40-29-35-27-15-31(8-1-3-22-4-5-24(34)13-26(22)31)41-19-25(27)28(36-29)37-11-12-39-18-21(16-37)6-9-33/h4-5,13,21,23H,1-3,6-8,10-12,14-20,34H2/t21?,23-,30?,31+/m1/s1. The molecule has 3 fully saturated rings. The minimum atomic E-state index is -0.816. The van der Waals surface area contributed by atoms with Crippen LogP contribution >= 0.6 is 0 Å². The van der Waals surface area contributed by atoms with Gasteiger partial charge < -0.3 is 24.8 Å². The van der Waals surface area contributed by atoms with E-state index in [0.717, 1.165) is 67.0 Å². The molecule has 9 nitrogen and oxygen atoms in total. The molecule has 0 bridgehead atoms. The molecule has 1 aromatic carbocycles. The van der Waals surface area contributed by atoms with Gasteiger partial charge in [0.25, 0.3) is 0 Å². The maximum absolute atomic E-state index is 14.4. The van der Waals surface area contributed by atoms with E-state index in [-0.39, 0.29) is 11.5 Å². The lowest BCUT2D eigenvalue weighted by atomic mass is 9.74. The Morgan fingerprint density at radius 3 is 3.02 bits per heavy atom. The van der Waals surface area contributed by atoms with Crippen molar-refractivity contribution in [1.29, 1.82) is 5.26 Å². The summed E-state index contributed by atoms with van der Waals surface area (Å²) in [6.07, 6.45) is 5.66. The molecule has 0 radical (unpaired) electrons. The summed E-state index contributed by atoms with van der Waals surface area (Å²) in [5, 5.41) is 9.38. The van der Waals surface area contributed by atoms with Crippen LogP contribution in [0.4, 0.5) is 15.9 Å². The molecule has 10 heteroatoms. The molecule has 2 aromatic rings. The largest absolute Gasteiger partial charge is 0.461 e. The van der Waals surface area contributed by atoms with E-state index in [1.165, 1.54) is 5.56 Å². The minimum Gasteiger partial charge on any atom is -0.461 e. The molecule has 5 heterocycles. The Bertz CT molecular complexity index is 1350. The fourth-order valence-electron chi connectivity index (χ4n) is 7.89. The normalized spacial score (nSPS) is 31.3. The van der Waals surface area contributed by atoms with Gasteiger partial charge in [0.15, 0.2) is 0 Å². The van der Waals surface area contributed by atoms with Crippen molar-refractivity contribution >= 4 is 11.5 Å². The Labute approximate surface area is 240 Å². The molecule has 1 spiro atoms. The molecule has 3 saturated heterocycles. The number of nitrogen functional groups attached to an aromatic ring is 1. The predicted molar refractivity (Wildman–Crippen MR) is 151 cm³/mol. The average Bonchev–Trinajstić information content (AvgIpc) is 3.38. The highest BCUT2D eigenvalue weighted by Crippen LogP contribution is 2.47. The molecule has 41 heavy (non-hydrogen) atoms. The average molecular weight is 563 g/mol. The van der Waals surface area contributed by atoms with E-state index in [0.29, 0.717) is 71.3 Å². The number of nitrogens with zero attached hydrogens (tertiary/aromatic N) is 5. The van der Waals surface area contributed by atoms with Gasteiger partial charge in [-0.15, -0.1) is 0 Å². The summed E-state index contributed by atoms with van der Waals surface area (Å²) >= 11 is 0. The lowest BCUT2D eigenvalue weighted by Crippen LogP contribution is -2.44. The van der Waals surface area contributed by atoms with Crippen molar-refractivity contribution in [2.24, 2.45) is 5.92 Å². The van der Waals surface area contributed by atoms with E-state index in [1.807, 2.05) is 6.07 Å². The third-order valence-electron chi connectivity index (χ3n) is 9.90. The van der Waals surface area contributed by atoms with Crippen molar-refractivity contribution < 1.29 is 18.6 Å². The Kier molecular flexibility index (Phi) is 7.00. The summed E-state index contributed by atoms with van der Waals surface area (Å²) in [6.45, 7) is 4.62. The van der Waals surface area contributed by atoms with Gasteiger partial charge in [0.1, 0.15) is 18.6 Å². The molecule has 5 aliphatic rings. The lowest BCUT2D eigenvalue weighted by molar-refractivity contribution is -0.0855. The van der Waals surface area contributed by atoms with Crippen LogP contribution in [0.25, 0.3) is 0 Å². The van der Waals surface area contributed by atoms with Crippen LogP contribution in [0.5, 0.6) is 6.01 Å². The number of nitrogens with two attached hydrogens (primary N) is 1. The first kappa shape index (κ1) is 26.9. The molecule has 2 unspecified atom stereocenters. The molecule has 2 N–H and O–H groups in total. The topological polar surface area (TPSA) is 110 Å². The smallest absolute Gasteiger partial charge is 0.318 e. The van der Waals surface area contributed by atoms with E-state index in [2.05, 4.69) is 28.0 Å². The van der Waals surface area contributed by atoms with Gasteiger partial charge >= 0.3 is 6.01 Å². The van der Waals surface area contributed by atoms with E-state index in [4.69, 9.17) is 29.9 Å².